The molecule has 5 nitrogen and oxygen atoms in total. The Kier molecular flexibility index (Phi) is 6.87. The normalized spacial score (nSPS) is 11.8. The molecule has 8 heteroatoms. The van der Waals surface area contributed by atoms with E-state index in [0.29, 0.717) is 11.7 Å². The van der Waals surface area contributed by atoms with Gasteiger partial charge in [-0.1, -0.05) is 75.4 Å². The molecule has 0 saturated heterocycles. The molecule has 3 aromatic rings. The summed E-state index contributed by atoms with van der Waals surface area (Å²) in [6.45, 7) is 2.49. The maximum atomic E-state index is 12.6. The Hall–Kier alpha value is -1.90. The van der Waals surface area contributed by atoms with Gasteiger partial charge in [-0.3, -0.25) is 4.79 Å². The van der Waals surface area contributed by atoms with Crippen LogP contribution in [0.5, 0.6) is 0 Å². The molecule has 0 radical (unpaired) electrons. The van der Waals surface area contributed by atoms with Crippen molar-refractivity contribution in [1.82, 2.24) is 15.1 Å². The standard InChI is InChI=1S/C19H19BrN4OS2/c1-13(17(25)24(2)12-14-7-4-3-5-8-14)26-19-23-22-18(27-19)21-16-10-6-9-15(20)11-16/h3-11,13H,12H2,1-2H3,(H,21,22). The van der Waals surface area contributed by atoms with Crippen molar-refractivity contribution in [2.45, 2.75) is 23.1 Å². The number of nitrogens with one attached hydrogen (secondary N) is 1. The Labute approximate surface area is 175 Å². The first kappa shape index (κ1) is 19.9. The summed E-state index contributed by atoms with van der Waals surface area (Å²) in [4.78, 5) is 14.4. The molecule has 2 aromatic carbocycles. The molecule has 1 atom stereocenters. The van der Waals surface area contributed by atoms with Crippen molar-refractivity contribution >= 4 is 55.8 Å². The molecule has 0 fully saturated rings. The summed E-state index contributed by atoms with van der Waals surface area (Å²) in [5.41, 5.74) is 2.05. The fourth-order valence-corrected chi connectivity index (χ4v) is 4.88. The van der Waals surface area contributed by atoms with E-state index in [1.165, 1.54) is 23.1 Å². The lowest BCUT2D eigenvalue weighted by atomic mass is 10.2. The number of hydrogen-bond acceptors (Lipinski definition) is 6. The lowest BCUT2D eigenvalue weighted by Crippen LogP contribution is -2.32. The summed E-state index contributed by atoms with van der Waals surface area (Å²) in [6, 6.07) is 17.8. The molecule has 0 aliphatic carbocycles. The van der Waals surface area contributed by atoms with Gasteiger partial charge in [0.1, 0.15) is 0 Å². The molecule has 1 amide bonds. The average molecular weight is 463 g/mol. The molecular weight excluding hydrogens is 444 g/mol. The van der Waals surface area contributed by atoms with Gasteiger partial charge in [-0.25, -0.2) is 0 Å². The van der Waals surface area contributed by atoms with E-state index < -0.39 is 0 Å². The van der Waals surface area contributed by atoms with Gasteiger partial charge in [-0.15, -0.1) is 10.2 Å². The van der Waals surface area contributed by atoms with Crippen LogP contribution in [0.3, 0.4) is 0 Å². The highest BCUT2D eigenvalue weighted by atomic mass is 79.9. The SMILES string of the molecule is CC(Sc1nnc(Nc2cccc(Br)c2)s1)C(=O)N(C)Cc1ccccc1. The number of halogens is 1. The van der Waals surface area contributed by atoms with E-state index in [-0.39, 0.29) is 11.2 Å². The van der Waals surface area contributed by atoms with Crippen LogP contribution < -0.4 is 5.32 Å². The zero-order valence-electron chi connectivity index (χ0n) is 14.9. The van der Waals surface area contributed by atoms with Crippen molar-refractivity contribution in [3.05, 3.63) is 64.6 Å². The molecule has 140 valence electrons. The summed E-state index contributed by atoms with van der Waals surface area (Å²) in [7, 11) is 1.83. The minimum Gasteiger partial charge on any atom is -0.340 e. The fourth-order valence-electron chi connectivity index (χ4n) is 2.44. The molecule has 1 heterocycles. The van der Waals surface area contributed by atoms with Crippen LogP contribution in [0.25, 0.3) is 0 Å². The molecule has 0 bridgehead atoms. The number of amides is 1. The van der Waals surface area contributed by atoms with Gasteiger partial charge in [-0.05, 0) is 30.7 Å². The first-order valence-corrected chi connectivity index (χ1v) is 10.8. The third-order valence-corrected chi connectivity index (χ3v) is 6.25. The molecule has 0 spiro atoms. The molecule has 0 aliphatic heterocycles. The number of nitrogens with zero attached hydrogens (tertiary/aromatic N) is 3. The second-order valence-corrected chi connectivity index (χ2v) is 9.43. The van der Waals surface area contributed by atoms with Crippen LogP contribution in [-0.4, -0.2) is 33.3 Å². The van der Waals surface area contributed by atoms with Crippen molar-refractivity contribution in [1.29, 1.82) is 0 Å². The number of carbonyl (C=O) groups is 1. The third-order valence-electron chi connectivity index (χ3n) is 3.75. The van der Waals surface area contributed by atoms with Crippen molar-refractivity contribution < 1.29 is 4.79 Å². The fraction of sp³-hybridized carbons (Fsp3) is 0.211. The second kappa shape index (κ2) is 9.34. The van der Waals surface area contributed by atoms with Gasteiger partial charge < -0.3 is 10.2 Å². The Morgan fingerprint density at radius 1 is 1.22 bits per heavy atom. The van der Waals surface area contributed by atoms with E-state index in [0.717, 1.165) is 20.1 Å². The van der Waals surface area contributed by atoms with Gasteiger partial charge >= 0.3 is 0 Å². The van der Waals surface area contributed by atoms with Crippen LogP contribution in [0.2, 0.25) is 0 Å². The van der Waals surface area contributed by atoms with E-state index in [1.807, 2.05) is 68.6 Å². The zero-order chi connectivity index (χ0) is 19.2. The van der Waals surface area contributed by atoms with Crippen LogP contribution in [0.4, 0.5) is 10.8 Å². The smallest absolute Gasteiger partial charge is 0.235 e. The minimum absolute atomic E-state index is 0.0700. The van der Waals surface area contributed by atoms with Crippen molar-refractivity contribution in [2.24, 2.45) is 0 Å². The van der Waals surface area contributed by atoms with Crippen LogP contribution in [0.15, 0.2) is 63.4 Å². The van der Waals surface area contributed by atoms with E-state index in [2.05, 4.69) is 31.4 Å². The summed E-state index contributed by atoms with van der Waals surface area (Å²) >= 11 is 6.32. The maximum absolute atomic E-state index is 12.6. The van der Waals surface area contributed by atoms with Crippen LogP contribution in [0.1, 0.15) is 12.5 Å². The Balaban J connectivity index is 1.56. The molecule has 0 saturated carbocycles. The van der Waals surface area contributed by atoms with Gasteiger partial charge in [-0.2, -0.15) is 0 Å². The summed E-state index contributed by atoms with van der Waals surface area (Å²) < 4.78 is 1.76. The van der Waals surface area contributed by atoms with E-state index in [1.54, 1.807) is 4.90 Å². The predicted molar refractivity (Wildman–Crippen MR) is 116 cm³/mol. The van der Waals surface area contributed by atoms with Crippen molar-refractivity contribution in [2.75, 3.05) is 12.4 Å². The number of benzene rings is 2. The predicted octanol–water partition coefficient (Wildman–Crippen LogP) is 5.18. The number of rotatable bonds is 7. The van der Waals surface area contributed by atoms with Crippen molar-refractivity contribution in [3.8, 4) is 0 Å². The van der Waals surface area contributed by atoms with Crippen LogP contribution >= 0.6 is 39.0 Å². The molecule has 1 aromatic heterocycles. The van der Waals surface area contributed by atoms with Crippen molar-refractivity contribution in [3.63, 3.8) is 0 Å². The summed E-state index contributed by atoms with van der Waals surface area (Å²) in [5.74, 6) is 0.0700. The topological polar surface area (TPSA) is 58.1 Å². The van der Waals surface area contributed by atoms with E-state index in [9.17, 15) is 4.79 Å². The van der Waals surface area contributed by atoms with Crippen LogP contribution in [0, 0.1) is 0 Å². The van der Waals surface area contributed by atoms with Gasteiger partial charge in [0.2, 0.25) is 11.0 Å². The van der Waals surface area contributed by atoms with Crippen LogP contribution in [-0.2, 0) is 11.3 Å². The van der Waals surface area contributed by atoms with Gasteiger partial charge in [0.25, 0.3) is 0 Å². The number of carbonyl (C=O) groups excluding carboxylic acids is 1. The number of hydrogen-bond donors (Lipinski definition) is 1. The van der Waals surface area contributed by atoms with Gasteiger partial charge in [0.15, 0.2) is 4.34 Å². The molecule has 0 aliphatic rings. The molecule has 3 rings (SSSR count). The maximum Gasteiger partial charge on any atom is 0.235 e. The van der Waals surface area contributed by atoms with E-state index >= 15 is 0 Å². The second-order valence-electron chi connectivity index (χ2n) is 5.95. The molecule has 27 heavy (non-hydrogen) atoms. The van der Waals surface area contributed by atoms with Gasteiger partial charge in [0, 0.05) is 23.8 Å². The lowest BCUT2D eigenvalue weighted by molar-refractivity contribution is -0.129. The first-order chi connectivity index (χ1) is 13.0. The first-order valence-electron chi connectivity index (χ1n) is 8.33. The lowest BCUT2D eigenvalue weighted by Gasteiger charge is -2.20. The molecular formula is C19H19BrN4OS2. The summed E-state index contributed by atoms with van der Waals surface area (Å²) in [6.07, 6.45) is 0. The van der Waals surface area contributed by atoms with Gasteiger partial charge in [0.05, 0.1) is 5.25 Å². The highest BCUT2D eigenvalue weighted by molar-refractivity contribution is 9.10. The number of anilines is 2. The Bertz CT molecular complexity index is 903. The highest BCUT2D eigenvalue weighted by Gasteiger charge is 2.20. The number of aromatic nitrogens is 2. The minimum atomic E-state index is -0.231. The number of thioether (sulfide) groups is 1. The average Bonchev–Trinajstić information content (AvgIpc) is 3.08. The zero-order valence-corrected chi connectivity index (χ0v) is 18.1. The third kappa shape index (κ3) is 5.79. The largest absolute Gasteiger partial charge is 0.340 e. The Morgan fingerprint density at radius 3 is 2.74 bits per heavy atom. The highest BCUT2D eigenvalue weighted by Crippen LogP contribution is 2.31. The molecule has 1 unspecified atom stereocenters. The summed E-state index contributed by atoms with van der Waals surface area (Å²) in [5, 5.41) is 12.0. The van der Waals surface area contributed by atoms with E-state index in [4.69, 9.17) is 0 Å². The quantitative estimate of drug-likeness (QED) is 0.489. The monoisotopic (exact) mass is 462 g/mol. The molecule has 1 N–H and O–H groups in total. The Morgan fingerprint density at radius 2 is 2.00 bits per heavy atom.